The Hall–Kier alpha value is -1.88. The van der Waals surface area contributed by atoms with E-state index in [0.29, 0.717) is 12.1 Å². The van der Waals surface area contributed by atoms with Crippen molar-refractivity contribution in [3.8, 4) is 0 Å². The number of H-pyrrole nitrogens is 1. The fourth-order valence-corrected chi connectivity index (χ4v) is 4.37. The quantitative estimate of drug-likeness (QED) is 0.658. The minimum atomic E-state index is -0.308. The summed E-state index contributed by atoms with van der Waals surface area (Å²) in [6.45, 7) is 2.33. The van der Waals surface area contributed by atoms with Gasteiger partial charge in [-0.1, -0.05) is 6.92 Å². The van der Waals surface area contributed by atoms with Crippen LogP contribution >= 0.6 is 0 Å². The van der Waals surface area contributed by atoms with Gasteiger partial charge in [0.25, 0.3) is 5.69 Å². The van der Waals surface area contributed by atoms with Gasteiger partial charge in [-0.3, -0.25) is 10.1 Å². The number of nitrogens with one attached hydrogen (secondary N) is 2. The van der Waals surface area contributed by atoms with Crippen LogP contribution in [-0.4, -0.2) is 15.9 Å². The maximum atomic E-state index is 11.0. The molecule has 2 N–H and O–H groups in total. The minimum Gasteiger partial charge on any atom is -0.357 e. The van der Waals surface area contributed by atoms with Crippen molar-refractivity contribution in [3.05, 3.63) is 39.6 Å². The molecule has 2 aliphatic rings. The fraction of sp³-hybridized carbons (Fsp3) is 0.556. The molecule has 4 rings (SSSR count). The van der Waals surface area contributed by atoms with Gasteiger partial charge in [-0.15, -0.1) is 0 Å². The summed E-state index contributed by atoms with van der Waals surface area (Å²) in [7, 11) is 0. The van der Waals surface area contributed by atoms with E-state index in [4.69, 9.17) is 0 Å². The van der Waals surface area contributed by atoms with Crippen molar-refractivity contribution in [2.45, 2.75) is 57.5 Å². The van der Waals surface area contributed by atoms with Gasteiger partial charge in [0.1, 0.15) is 0 Å². The van der Waals surface area contributed by atoms with Gasteiger partial charge in [0.05, 0.1) is 4.92 Å². The van der Waals surface area contributed by atoms with Gasteiger partial charge >= 0.3 is 0 Å². The van der Waals surface area contributed by atoms with Crippen LogP contribution in [0.15, 0.2) is 18.2 Å². The summed E-state index contributed by atoms with van der Waals surface area (Å²) in [6, 6.07) is 6.14. The molecular formula is C18H23N3O2. The summed E-state index contributed by atoms with van der Waals surface area (Å²) in [5.74, 6) is 0.820. The largest absolute Gasteiger partial charge is 0.357 e. The van der Waals surface area contributed by atoms with Gasteiger partial charge in [0.15, 0.2) is 0 Å². The van der Waals surface area contributed by atoms with Crippen LogP contribution in [0, 0.1) is 16.0 Å². The van der Waals surface area contributed by atoms with Crippen molar-refractivity contribution < 1.29 is 4.92 Å². The van der Waals surface area contributed by atoms with Crippen LogP contribution in [0.5, 0.6) is 0 Å². The Labute approximate surface area is 135 Å². The highest BCUT2D eigenvalue weighted by Crippen LogP contribution is 2.37. The molecule has 2 aliphatic carbocycles. The number of aryl methyl sites for hydroxylation is 1. The average Bonchev–Trinajstić information content (AvgIpc) is 3.11. The molecule has 0 unspecified atom stereocenters. The molecule has 1 heterocycles. The normalized spacial score (nSPS) is 27.3. The minimum absolute atomic E-state index is 0.180. The first-order valence-electron chi connectivity index (χ1n) is 8.66. The highest BCUT2D eigenvalue weighted by molar-refractivity contribution is 5.87. The number of hydrogen-bond donors (Lipinski definition) is 2. The topological polar surface area (TPSA) is 71.0 Å². The van der Waals surface area contributed by atoms with Crippen LogP contribution < -0.4 is 5.32 Å². The van der Waals surface area contributed by atoms with E-state index in [9.17, 15) is 10.1 Å². The van der Waals surface area contributed by atoms with Gasteiger partial charge < -0.3 is 10.3 Å². The van der Waals surface area contributed by atoms with Crippen LogP contribution in [0.3, 0.4) is 0 Å². The van der Waals surface area contributed by atoms with E-state index in [2.05, 4.69) is 17.2 Å². The zero-order chi connectivity index (χ0) is 16.0. The molecule has 0 saturated heterocycles. The second-order valence-corrected chi connectivity index (χ2v) is 7.23. The molecule has 23 heavy (non-hydrogen) atoms. The average molecular weight is 313 g/mol. The maximum absolute atomic E-state index is 11.0. The van der Waals surface area contributed by atoms with E-state index >= 15 is 0 Å². The predicted molar refractivity (Wildman–Crippen MR) is 90.6 cm³/mol. The third kappa shape index (κ3) is 2.63. The SMILES string of the molecule is C[C@H]1CC[C@H](N[C@@H]2CCCc3c2[nH]c2ccc([N+](=O)[O-])cc32)C1. The van der Waals surface area contributed by atoms with Gasteiger partial charge in [-0.05, 0) is 56.1 Å². The first-order chi connectivity index (χ1) is 11.1. The van der Waals surface area contributed by atoms with E-state index in [1.807, 2.05) is 6.07 Å². The van der Waals surface area contributed by atoms with Crippen molar-refractivity contribution in [3.63, 3.8) is 0 Å². The Morgan fingerprint density at radius 3 is 2.91 bits per heavy atom. The molecule has 1 fully saturated rings. The molecule has 1 aromatic carbocycles. The first kappa shape index (κ1) is 14.7. The Morgan fingerprint density at radius 2 is 2.17 bits per heavy atom. The Balaban J connectivity index is 1.67. The lowest BCUT2D eigenvalue weighted by Crippen LogP contribution is -2.33. The van der Waals surface area contributed by atoms with Gasteiger partial charge in [-0.2, -0.15) is 0 Å². The summed E-state index contributed by atoms with van der Waals surface area (Å²) in [4.78, 5) is 14.3. The monoisotopic (exact) mass is 313 g/mol. The summed E-state index contributed by atoms with van der Waals surface area (Å²) in [6.07, 6.45) is 7.14. The summed E-state index contributed by atoms with van der Waals surface area (Å²) in [5.41, 5.74) is 3.73. The standard InChI is InChI=1S/C18H23N3O2/c1-11-5-6-12(9-11)19-17-4-2-3-14-15-10-13(21(22)23)7-8-16(15)20-18(14)17/h7-8,10-12,17,19-20H,2-6,9H2,1H3/t11-,12-,17+/m0/s1. The third-order valence-corrected chi connectivity index (χ3v) is 5.53. The van der Waals surface area contributed by atoms with Gasteiger partial charge in [0, 0.05) is 40.8 Å². The maximum Gasteiger partial charge on any atom is 0.270 e. The molecule has 0 spiro atoms. The van der Waals surface area contributed by atoms with Crippen LogP contribution in [-0.2, 0) is 6.42 Å². The smallest absolute Gasteiger partial charge is 0.270 e. The number of aromatic amines is 1. The summed E-state index contributed by atoms with van der Waals surface area (Å²) < 4.78 is 0. The van der Waals surface area contributed by atoms with Crippen molar-refractivity contribution in [2.75, 3.05) is 0 Å². The molecule has 2 aromatic rings. The van der Waals surface area contributed by atoms with Crippen molar-refractivity contribution in [1.82, 2.24) is 10.3 Å². The zero-order valence-electron chi connectivity index (χ0n) is 13.5. The van der Waals surface area contributed by atoms with Crippen molar-refractivity contribution in [1.29, 1.82) is 0 Å². The van der Waals surface area contributed by atoms with Crippen LogP contribution in [0.4, 0.5) is 5.69 Å². The number of hydrogen-bond acceptors (Lipinski definition) is 3. The number of nitrogens with zero attached hydrogens (tertiary/aromatic N) is 1. The third-order valence-electron chi connectivity index (χ3n) is 5.53. The summed E-state index contributed by atoms with van der Waals surface area (Å²) >= 11 is 0. The van der Waals surface area contributed by atoms with E-state index in [1.54, 1.807) is 12.1 Å². The van der Waals surface area contributed by atoms with E-state index < -0.39 is 0 Å². The number of rotatable bonds is 3. The molecule has 122 valence electrons. The highest BCUT2D eigenvalue weighted by atomic mass is 16.6. The second kappa shape index (κ2) is 5.64. The molecule has 1 aromatic heterocycles. The van der Waals surface area contributed by atoms with E-state index in [0.717, 1.165) is 36.1 Å². The Bertz CT molecular complexity index is 752. The molecule has 3 atom stereocenters. The molecule has 1 saturated carbocycles. The molecule has 0 aliphatic heterocycles. The van der Waals surface area contributed by atoms with E-state index in [1.165, 1.54) is 30.5 Å². The first-order valence-corrected chi connectivity index (χ1v) is 8.66. The summed E-state index contributed by atoms with van der Waals surface area (Å²) in [5, 5.41) is 15.9. The highest BCUT2D eigenvalue weighted by Gasteiger charge is 2.29. The lowest BCUT2D eigenvalue weighted by molar-refractivity contribution is -0.384. The van der Waals surface area contributed by atoms with Crippen LogP contribution in [0.25, 0.3) is 10.9 Å². The molecule has 0 amide bonds. The second-order valence-electron chi connectivity index (χ2n) is 7.23. The molecule has 5 nitrogen and oxygen atoms in total. The number of aromatic nitrogens is 1. The van der Waals surface area contributed by atoms with Gasteiger partial charge in [-0.25, -0.2) is 0 Å². The molecule has 5 heteroatoms. The molecule has 0 radical (unpaired) electrons. The Kier molecular flexibility index (Phi) is 3.60. The predicted octanol–water partition coefficient (Wildman–Crippen LogP) is 4.23. The number of non-ortho nitro benzene ring substituents is 1. The lowest BCUT2D eigenvalue weighted by atomic mass is 9.91. The fourth-order valence-electron chi connectivity index (χ4n) is 4.37. The zero-order valence-corrected chi connectivity index (χ0v) is 13.5. The molecular weight excluding hydrogens is 290 g/mol. The van der Waals surface area contributed by atoms with Crippen LogP contribution in [0.2, 0.25) is 0 Å². The lowest BCUT2D eigenvalue weighted by Gasteiger charge is -2.27. The molecule has 0 bridgehead atoms. The van der Waals surface area contributed by atoms with Crippen molar-refractivity contribution >= 4 is 16.6 Å². The van der Waals surface area contributed by atoms with Gasteiger partial charge in [0.2, 0.25) is 0 Å². The Morgan fingerprint density at radius 1 is 1.30 bits per heavy atom. The number of nitro benzene ring substituents is 1. The van der Waals surface area contributed by atoms with E-state index in [-0.39, 0.29) is 10.6 Å². The number of nitro groups is 1. The number of benzene rings is 1. The van der Waals surface area contributed by atoms with Crippen molar-refractivity contribution in [2.24, 2.45) is 5.92 Å². The number of fused-ring (bicyclic) bond motifs is 3. The van der Waals surface area contributed by atoms with Crippen LogP contribution in [0.1, 0.15) is 56.3 Å².